The molecular weight excluding hydrogens is 448 g/mol. The fourth-order valence-electron chi connectivity index (χ4n) is 4.16. The smallest absolute Gasteiger partial charge is 0.384 e. The molecule has 2 bridgehead atoms. The van der Waals surface area contributed by atoms with Gasteiger partial charge in [0, 0.05) is 33.0 Å². The summed E-state index contributed by atoms with van der Waals surface area (Å²) in [6, 6.07) is 0. The predicted molar refractivity (Wildman–Crippen MR) is 134 cm³/mol. The Kier molecular flexibility index (Phi) is 13.6. The maximum atomic E-state index is 12.4. The fourth-order valence-corrected chi connectivity index (χ4v) is 4.16. The van der Waals surface area contributed by atoms with Crippen molar-refractivity contribution in [2.24, 2.45) is 5.92 Å². The number of esters is 1. The highest BCUT2D eigenvalue weighted by Gasteiger charge is 2.22. The fraction of sp³-hybridized carbons (Fsp3) is 0.607. The SMILES string of the molecule is C=C1C[C@H](C)C[C@@H]2CC=C[C@@H](CC#CC(=O)OC([C@@H](O)/C=C/COC)C/C=C/[C@@H](OCOC)C1)O2. The molecule has 0 fully saturated rings. The van der Waals surface area contributed by atoms with Gasteiger partial charge in [0.05, 0.1) is 24.9 Å². The maximum absolute atomic E-state index is 12.4. The Balaban J connectivity index is 2.21. The van der Waals surface area contributed by atoms with Gasteiger partial charge in [-0.1, -0.05) is 61.5 Å². The summed E-state index contributed by atoms with van der Waals surface area (Å²) in [6.07, 6.45) is 13.0. The van der Waals surface area contributed by atoms with Crippen LogP contribution >= 0.6 is 0 Å². The molecule has 0 saturated heterocycles. The third-order valence-corrected chi connectivity index (χ3v) is 5.76. The largest absolute Gasteiger partial charge is 0.449 e. The number of fused-ring (bicyclic) bond motifs is 2. The average Bonchev–Trinajstić information content (AvgIpc) is 2.81. The van der Waals surface area contributed by atoms with E-state index in [1.807, 2.05) is 18.2 Å². The summed E-state index contributed by atoms with van der Waals surface area (Å²) in [5.74, 6) is 5.12. The number of aliphatic hydroxyl groups is 1. The van der Waals surface area contributed by atoms with Gasteiger partial charge in [-0.2, -0.15) is 0 Å². The molecule has 0 aliphatic carbocycles. The summed E-state index contributed by atoms with van der Waals surface area (Å²) in [4.78, 5) is 12.4. The number of hydrogen-bond acceptors (Lipinski definition) is 7. The normalized spacial score (nSPS) is 30.6. The first-order chi connectivity index (χ1) is 16.9. The first-order valence-corrected chi connectivity index (χ1v) is 12.2. The quantitative estimate of drug-likeness (QED) is 0.191. The minimum absolute atomic E-state index is 0.110. The lowest BCUT2D eigenvalue weighted by atomic mass is 9.91. The molecule has 0 amide bonds. The van der Waals surface area contributed by atoms with Crippen LogP contribution in [0.1, 0.15) is 45.4 Å². The summed E-state index contributed by atoms with van der Waals surface area (Å²) in [6.45, 7) is 6.97. The molecule has 2 rings (SSSR count). The van der Waals surface area contributed by atoms with Crippen LogP contribution in [-0.2, 0) is 28.5 Å². The molecule has 194 valence electrons. The van der Waals surface area contributed by atoms with E-state index in [1.165, 1.54) is 0 Å². The van der Waals surface area contributed by atoms with Crippen LogP contribution in [0.15, 0.2) is 48.6 Å². The molecule has 0 aromatic heterocycles. The Morgan fingerprint density at radius 1 is 1.23 bits per heavy atom. The van der Waals surface area contributed by atoms with Gasteiger partial charge in [-0.25, -0.2) is 4.79 Å². The van der Waals surface area contributed by atoms with E-state index in [-0.39, 0.29) is 31.5 Å². The zero-order valence-corrected chi connectivity index (χ0v) is 21.2. The number of rotatable bonds is 7. The number of carbonyl (C=O) groups excluding carboxylic acids is 1. The van der Waals surface area contributed by atoms with E-state index in [0.717, 1.165) is 24.8 Å². The lowest BCUT2D eigenvalue weighted by Crippen LogP contribution is -2.29. The van der Waals surface area contributed by atoms with Gasteiger partial charge in [-0.15, -0.1) is 0 Å². The second-order valence-corrected chi connectivity index (χ2v) is 9.06. The average molecular weight is 489 g/mol. The highest BCUT2D eigenvalue weighted by Crippen LogP contribution is 2.26. The van der Waals surface area contributed by atoms with E-state index in [4.69, 9.17) is 23.7 Å². The molecule has 1 N–H and O–H groups in total. The molecule has 0 saturated carbocycles. The number of carbonyl (C=O) groups is 1. The zero-order valence-electron chi connectivity index (χ0n) is 21.2. The van der Waals surface area contributed by atoms with Crippen LogP contribution in [0.2, 0.25) is 0 Å². The van der Waals surface area contributed by atoms with E-state index in [0.29, 0.717) is 25.4 Å². The summed E-state index contributed by atoms with van der Waals surface area (Å²) >= 11 is 0. The summed E-state index contributed by atoms with van der Waals surface area (Å²) in [7, 11) is 3.14. The van der Waals surface area contributed by atoms with Crippen molar-refractivity contribution in [2.75, 3.05) is 27.6 Å². The zero-order chi connectivity index (χ0) is 25.5. The minimum atomic E-state index is -1.01. The maximum Gasteiger partial charge on any atom is 0.384 e. The molecule has 7 nitrogen and oxygen atoms in total. The Bertz CT molecular complexity index is 804. The van der Waals surface area contributed by atoms with Crippen molar-refractivity contribution in [3.63, 3.8) is 0 Å². The van der Waals surface area contributed by atoms with Gasteiger partial charge in [0.1, 0.15) is 19.0 Å². The highest BCUT2D eigenvalue weighted by molar-refractivity contribution is 5.88. The second-order valence-electron chi connectivity index (χ2n) is 9.06. The molecule has 2 heterocycles. The molecule has 1 unspecified atom stereocenters. The van der Waals surface area contributed by atoms with E-state index < -0.39 is 18.2 Å². The van der Waals surface area contributed by atoms with E-state index >= 15 is 0 Å². The highest BCUT2D eigenvalue weighted by atomic mass is 16.7. The van der Waals surface area contributed by atoms with Crippen molar-refractivity contribution >= 4 is 5.97 Å². The van der Waals surface area contributed by atoms with Gasteiger partial charge in [-0.3, -0.25) is 0 Å². The Morgan fingerprint density at radius 3 is 2.80 bits per heavy atom. The summed E-state index contributed by atoms with van der Waals surface area (Å²) in [5, 5.41) is 10.6. The lowest BCUT2D eigenvalue weighted by molar-refractivity contribution is -0.145. The predicted octanol–water partition coefficient (Wildman–Crippen LogP) is 3.88. The van der Waals surface area contributed by atoms with Crippen molar-refractivity contribution < 1.29 is 33.6 Å². The van der Waals surface area contributed by atoms with Crippen LogP contribution in [0, 0.1) is 17.8 Å². The van der Waals surface area contributed by atoms with Crippen LogP contribution in [0.4, 0.5) is 0 Å². The van der Waals surface area contributed by atoms with Gasteiger partial charge < -0.3 is 28.8 Å². The van der Waals surface area contributed by atoms with Crippen LogP contribution in [0.5, 0.6) is 0 Å². The molecule has 0 aromatic carbocycles. The topological polar surface area (TPSA) is 83.5 Å². The number of hydrogen-bond donors (Lipinski definition) is 1. The van der Waals surface area contributed by atoms with Crippen LogP contribution in [0.3, 0.4) is 0 Å². The van der Waals surface area contributed by atoms with Crippen LogP contribution < -0.4 is 0 Å². The van der Waals surface area contributed by atoms with Crippen molar-refractivity contribution in [1.82, 2.24) is 0 Å². The molecule has 6 atom stereocenters. The summed E-state index contributed by atoms with van der Waals surface area (Å²) < 4.78 is 27.6. The van der Waals surface area contributed by atoms with Gasteiger partial charge >= 0.3 is 5.97 Å². The third kappa shape index (κ3) is 11.9. The van der Waals surface area contributed by atoms with Crippen LogP contribution in [0.25, 0.3) is 0 Å². The van der Waals surface area contributed by atoms with Crippen molar-refractivity contribution in [2.45, 2.75) is 76.0 Å². The Hall–Kier alpha value is -2.21. The molecule has 35 heavy (non-hydrogen) atoms. The molecule has 2 aliphatic heterocycles. The standard InChI is InChI=1S/C28H40O7/c1-21-17-22(2)19-25-12-5-9-23(34-25)10-7-15-28(30)35-27(26(29)13-8-16-31-3)14-6-11-24(18-21)33-20-32-4/h5-6,8-9,11,13,22-27,29H,1,10,12,14,16-20H2,2-4H3/b11-6+,13-8+/t22-,23-,24+,25-,26-,27?/m0/s1. The van der Waals surface area contributed by atoms with Gasteiger partial charge in [0.2, 0.25) is 0 Å². The lowest BCUT2D eigenvalue weighted by Gasteiger charge is -2.28. The van der Waals surface area contributed by atoms with Gasteiger partial charge in [-0.05, 0) is 31.6 Å². The number of cyclic esters (lactones) is 1. The first kappa shape index (κ1) is 29.0. The van der Waals surface area contributed by atoms with E-state index in [9.17, 15) is 9.90 Å². The minimum Gasteiger partial charge on any atom is -0.449 e. The monoisotopic (exact) mass is 488 g/mol. The van der Waals surface area contributed by atoms with Crippen molar-refractivity contribution in [3.8, 4) is 11.8 Å². The molecule has 2 aliphatic rings. The Labute approximate surface area is 209 Å². The molecule has 7 heteroatoms. The first-order valence-electron chi connectivity index (χ1n) is 12.2. The number of ether oxygens (including phenoxy) is 5. The number of methoxy groups -OCH3 is 2. The molecular formula is C28H40O7. The number of aliphatic hydroxyl groups excluding tert-OH is 1. The van der Waals surface area contributed by atoms with E-state index in [2.05, 4.69) is 31.4 Å². The van der Waals surface area contributed by atoms with Crippen LogP contribution in [-0.4, -0.2) is 69.2 Å². The Morgan fingerprint density at radius 2 is 2.03 bits per heavy atom. The second kappa shape index (κ2) is 16.5. The summed E-state index contributed by atoms with van der Waals surface area (Å²) in [5.41, 5.74) is 1.09. The third-order valence-electron chi connectivity index (χ3n) is 5.76. The molecule has 0 radical (unpaired) electrons. The van der Waals surface area contributed by atoms with Crippen molar-refractivity contribution in [1.29, 1.82) is 0 Å². The van der Waals surface area contributed by atoms with Gasteiger partial charge in [0.15, 0.2) is 0 Å². The van der Waals surface area contributed by atoms with Crippen molar-refractivity contribution in [3.05, 3.63) is 48.6 Å². The van der Waals surface area contributed by atoms with Gasteiger partial charge in [0.25, 0.3) is 0 Å². The molecule has 0 spiro atoms. The van der Waals surface area contributed by atoms with E-state index in [1.54, 1.807) is 26.4 Å². The molecule has 0 aromatic rings.